The Bertz CT molecular complexity index is 1420. The maximum Gasteiger partial charge on any atom is 0.172 e. The Kier molecular flexibility index (Phi) is 10.0. The van der Waals surface area contributed by atoms with E-state index in [1.807, 2.05) is 0 Å². The maximum absolute atomic E-state index is 14.1. The van der Waals surface area contributed by atoms with Crippen LogP contribution >= 0.6 is 0 Å². The molecule has 10 heterocycles. The summed E-state index contributed by atoms with van der Waals surface area (Å²) in [5.74, 6) is -0.756. The summed E-state index contributed by atoms with van der Waals surface area (Å²) in [4.78, 5) is 14.1. The molecule has 12 bridgehead atoms. The van der Waals surface area contributed by atoms with E-state index in [1.54, 1.807) is 7.11 Å². The van der Waals surface area contributed by atoms with Crippen LogP contribution in [0.2, 0.25) is 0 Å². The van der Waals surface area contributed by atoms with Crippen LogP contribution in [-0.4, -0.2) is 133 Å². The molecule has 7 unspecified atom stereocenters. The molecular formula is C41H60O12. The third kappa shape index (κ3) is 6.73. The van der Waals surface area contributed by atoms with Crippen LogP contribution in [0.1, 0.15) is 97.3 Å². The Balaban J connectivity index is 1.00. The number of Topliss-reactive ketones (excluding diaryl/α,β-unsaturated/α-hetero) is 1. The number of carbonyl (C=O) groups is 1. The van der Waals surface area contributed by atoms with E-state index in [2.05, 4.69) is 27.0 Å². The zero-order chi connectivity index (χ0) is 36.8. The summed E-state index contributed by atoms with van der Waals surface area (Å²) in [6.45, 7) is 12.9. The van der Waals surface area contributed by atoms with E-state index in [0.29, 0.717) is 25.7 Å². The smallest absolute Gasteiger partial charge is 0.172 e. The Morgan fingerprint density at radius 1 is 0.830 bits per heavy atom. The first-order valence-corrected chi connectivity index (χ1v) is 20.4. The number of hydrogen-bond acceptors (Lipinski definition) is 12. The summed E-state index contributed by atoms with van der Waals surface area (Å²) < 4.78 is 60.3. The van der Waals surface area contributed by atoms with Crippen LogP contribution in [0, 0.1) is 11.8 Å². The number of hydrogen-bond donors (Lipinski definition) is 2. The van der Waals surface area contributed by atoms with Gasteiger partial charge in [-0.05, 0) is 68.9 Å². The number of methoxy groups -OCH3 is 1. The Labute approximate surface area is 313 Å². The van der Waals surface area contributed by atoms with Gasteiger partial charge in [0, 0.05) is 51.6 Å². The average molecular weight is 745 g/mol. The van der Waals surface area contributed by atoms with Gasteiger partial charge in [-0.15, -0.1) is 0 Å². The highest BCUT2D eigenvalue weighted by atomic mass is 16.8. The molecule has 10 aliphatic heterocycles. The van der Waals surface area contributed by atoms with Crippen LogP contribution in [0.15, 0.2) is 24.3 Å². The molecule has 12 nitrogen and oxygen atoms in total. The Morgan fingerprint density at radius 2 is 1.60 bits per heavy atom. The molecule has 0 aromatic heterocycles. The van der Waals surface area contributed by atoms with Gasteiger partial charge in [-0.1, -0.05) is 20.1 Å². The fraction of sp³-hybridized carbons (Fsp3) is 0.878. The lowest BCUT2D eigenvalue weighted by atomic mass is 9.81. The van der Waals surface area contributed by atoms with E-state index >= 15 is 0 Å². The van der Waals surface area contributed by atoms with E-state index in [0.717, 1.165) is 49.7 Å². The van der Waals surface area contributed by atoms with Crippen LogP contribution < -0.4 is 0 Å². The largest absolute Gasteiger partial charge is 0.394 e. The molecule has 0 aliphatic carbocycles. The zero-order valence-corrected chi connectivity index (χ0v) is 31.6. The predicted octanol–water partition coefficient (Wildman–Crippen LogP) is 3.86. The molecule has 19 atom stereocenters. The minimum Gasteiger partial charge on any atom is -0.394 e. The summed E-state index contributed by atoms with van der Waals surface area (Å²) in [7, 11) is 1.63. The summed E-state index contributed by atoms with van der Waals surface area (Å²) >= 11 is 0. The van der Waals surface area contributed by atoms with Crippen molar-refractivity contribution >= 4 is 5.78 Å². The monoisotopic (exact) mass is 744 g/mol. The molecule has 0 aromatic carbocycles. The highest BCUT2D eigenvalue weighted by molar-refractivity contribution is 5.79. The number of aliphatic hydroxyl groups is 2. The van der Waals surface area contributed by atoms with Crippen LogP contribution in [0.25, 0.3) is 0 Å². The maximum atomic E-state index is 14.1. The van der Waals surface area contributed by atoms with Crippen molar-refractivity contribution in [2.75, 3.05) is 13.7 Å². The van der Waals surface area contributed by atoms with Crippen molar-refractivity contribution in [2.45, 2.75) is 200 Å². The van der Waals surface area contributed by atoms with Gasteiger partial charge >= 0.3 is 0 Å². The molecule has 53 heavy (non-hydrogen) atoms. The van der Waals surface area contributed by atoms with E-state index in [1.165, 1.54) is 0 Å². The highest BCUT2D eigenvalue weighted by Crippen LogP contribution is 2.58. The van der Waals surface area contributed by atoms with Crippen molar-refractivity contribution in [2.24, 2.45) is 11.8 Å². The molecule has 0 aromatic rings. The van der Waals surface area contributed by atoms with Gasteiger partial charge in [-0.2, -0.15) is 0 Å². The number of carbonyl (C=O) groups excluding carboxylic acids is 1. The Hall–Kier alpha value is -1.29. The first-order valence-electron chi connectivity index (χ1n) is 20.4. The molecule has 10 rings (SSSR count). The normalized spacial score (nSPS) is 53.0. The molecule has 1 spiro atoms. The van der Waals surface area contributed by atoms with Gasteiger partial charge in [0.1, 0.15) is 41.9 Å². The van der Waals surface area contributed by atoms with E-state index < -0.39 is 29.7 Å². The number of ketones is 1. The van der Waals surface area contributed by atoms with Gasteiger partial charge in [-0.3, -0.25) is 4.79 Å². The van der Waals surface area contributed by atoms with Crippen LogP contribution in [0.3, 0.4) is 0 Å². The lowest BCUT2D eigenvalue weighted by molar-refractivity contribution is -0.294. The molecule has 296 valence electrons. The van der Waals surface area contributed by atoms with Crippen LogP contribution in [0.4, 0.5) is 0 Å². The molecular weight excluding hydrogens is 684 g/mol. The summed E-state index contributed by atoms with van der Waals surface area (Å²) in [6.07, 6.45) is 3.77. The third-order valence-corrected chi connectivity index (χ3v) is 14.3. The predicted molar refractivity (Wildman–Crippen MR) is 189 cm³/mol. The second-order valence-corrected chi connectivity index (χ2v) is 18.1. The van der Waals surface area contributed by atoms with E-state index in [9.17, 15) is 15.0 Å². The molecule has 0 radical (unpaired) electrons. The highest BCUT2D eigenvalue weighted by Gasteiger charge is 2.73. The Morgan fingerprint density at radius 3 is 2.42 bits per heavy atom. The van der Waals surface area contributed by atoms with Gasteiger partial charge in [-0.25, -0.2) is 0 Å². The van der Waals surface area contributed by atoms with Crippen molar-refractivity contribution < 1.29 is 57.6 Å². The van der Waals surface area contributed by atoms with Crippen molar-refractivity contribution in [1.29, 1.82) is 0 Å². The first kappa shape index (κ1) is 37.3. The third-order valence-electron chi connectivity index (χ3n) is 14.3. The lowest BCUT2D eigenvalue weighted by Gasteiger charge is -2.47. The molecule has 10 aliphatic rings. The number of fused-ring (bicyclic) bond motifs is 6. The SMILES string of the molecule is C=C1CC2CC[C@@]34C[C@]5(C)O[C@@H]6[C@@H](OC7CCC(CC(=O)CC8[C@H](CC9O[C@@H](CCC1O2)C[C@@H](C)C9=C)O[C@H](C[C@H](O)CO)[C@@H]8OC)OC7[C@@H]6O3)[C@H]5O4. The minimum atomic E-state index is -0.953. The van der Waals surface area contributed by atoms with Gasteiger partial charge in [0.15, 0.2) is 5.79 Å². The van der Waals surface area contributed by atoms with Crippen LogP contribution in [0.5, 0.6) is 0 Å². The van der Waals surface area contributed by atoms with Crippen molar-refractivity contribution in [3.63, 3.8) is 0 Å². The van der Waals surface area contributed by atoms with E-state index in [4.69, 9.17) is 42.6 Å². The standard InChI is InChI=1S/C41H60O12/c1-20-12-25-6-8-29-21(2)13-27(46-29)10-11-41-19-40(4)39(53-41)38-37(51-40)36(52-41)35-30(50-38)9-7-26(48-35)14-23(43)15-28-32(17-31(47-25)22(20)3)49-33(34(28)45-5)16-24(44)18-42/h20,24-39,42,44H,2-3,6-19H2,1,4-5H3/t20-,24+,25+,26?,27?,28?,29?,30?,31?,32+,33-,34-,35?,36+,37+,38-,39-,40+,41-/m1/s1. The lowest BCUT2D eigenvalue weighted by Crippen LogP contribution is -2.61. The zero-order valence-electron chi connectivity index (χ0n) is 31.6. The topological polar surface area (TPSA) is 141 Å². The summed E-state index contributed by atoms with van der Waals surface area (Å²) in [5.41, 5.74) is 1.66. The number of ether oxygens (including phenoxy) is 9. The molecule has 10 saturated heterocycles. The first-order chi connectivity index (χ1) is 25.4. The second-order valence-electron chi connectivity index (χ2n) is 18.1. The molecule has 0 saturated carbocycles. The number of rotatable bonds is 4. The van der Waals surface area contributed by atoms with Crippen LogP contribution in [-0.2, 0) is 47.4 Å². The molecule has 12 heteroatoms. The van der Waals surface area contributed by atoms with Gasteiger partial charge in [0.05, 0.1) is 67.6 Å². The summed E-state index contributed by atoms with van der Waals surface area (Å²) in [5, 5.41) is 20.1. The van der Waals surface area contributed by atoms with Crippen molar-refractivity contribution in [3.05, 3.63) is 24.3 Å². The van der Waals surface area contributed by atoms with Gasteiger partial charge in [0.25, 0.3) is 0 Å². The molecule has 2 N–H and O–H groups in total. The fourth-order valence-electron chi connectivity index (χ4n) is 11.7. The van der Waals surface area contributed by atoms with Crippen molar-refractivity contribution in [3.8, 4) is 0 Å². The summed E-state index contributed by atoms with van der Waals surface area (Å²) in [6, 6.07) is 0. The van der Waals surface area contributed by atoms with Crippen molar-refractivity contribution in [1.82, 2.24) is 0 Å². The minimum absolute atomic E-state index is 0.0247. The van der Waals surface area contributed by atoms with Gasteiger partial charge in [0.2, 0.25) is 0 Å². The fourth-order valence-corrected chi connectivity index (χ4v) is 11.7. The van der Waals surface area contributed by atoms with E-state index in [-0.39, 0.29) is 117 Å². The number of aliphatic hydroxyl groups excluding tert-OH is 2. The quantitative estimate of drug-likeness (QED) is 0.404. The molecule has 10 fully saturated rings. The average Bonchev–Trinajstić information content (AvgIpc) is 3.76. The van der Waals surface area contributed by atoms with Gasteiger partial charge < -0.3 is 52.8 Å². The molecule has 0 amide bonds. The second kappa shape index (κ2) is 14.3.